The minimum atomic E-state index is -0.222. The molecule has 0 aliphatic carbocycles. The summed E-state index contributed by atoms with van der Waals surface area (Å²) in [5.41, 5.74) is 1.78. The lowest BCUT2D eigenvalue weighted by atomic mass is 9.72. The summed E-state index contributed by atoms with van der Waals surface area (Å²) in [7, 11) is 1.88. The number of amides is 3. The molecule has 0 bridgehead atoms. The van der Waals surface area contributed by atoms with Crippen LogP contribution < -0.4 is 5.32 Å². The van der Waals surface area contributed by atoms with Gasteiger partial charge in [-0.25, -0.2) is 0 Å². The number of piperidine rings is 2. The quantitative estimate of drug-likeness (QED) is 0.878. The van der Waals surface area contributed by atoms with E-state index in [-0.39, 0.29) is 29.2 Å². The van der Waals surface area contributed by atoms with E-state index in [1.807, 2.05) is 35.0 Å². The third kappa shape index (κ3) is 2.97. The molecule has 2 fully saturated rings. The molecule has 1 unspecified atom stereocenters. The molecule has 3 heterocycles. The zero-order valence-corrected chi connectivity index (χ0v) is 15.2. The van der Waals surface area contributed by atoms with E-state index in [0.29, 0.717) is 18.4 Å². The fourth-order valence-electron chi connectivity index (χ4n) is 4.66. The van der Waals surface area contributed by atoms with Crippen LogP contribution in [0, 0.1) is 5.41 Å². The van der Waals surface area contributed by atoms with Gasteiger partial charge in [0.2, 0.25) is 11.8 Å². The van der Waals surface area contributed by atoms with Crippen molar-refractivity contribution < 1.29 is 14.4 Å². The van der Waals surface area contributed by atoms with Crippen LogP contribution in [0.3, 0.4) is 0 Å². The summed E-state index contributed by atoms with van der Waals surface area (Å²) in [5, 5.41) is 2.93. The number of benzene rings is 1. The molecule has 0 radical (unpaired) electrons. The summed E-state index contributed by atoms with van der Waals surface area (Å²) in [6.07, 6.45) is 3.77. The fourth-order valence-corrected chi connectivity index (χ4v) is 4.66. The number of carbonyl (C=O) groups is 3. The van der Waals surface area contributed by atoms with Crippen LogP contribution >= 0.6 is 0 Å². The van der Waals surface area contributed by atoms with E-state index in [4.69, 9.17) is 0 Å². The highest BCUT2D eigenvalue weighted by molar-refractivity contribution is 5.99. The van der Waals surface area contributed by atoms with Gasteiger partial charge < -0.3 is 15.1 Å². The van der Waals surface area contributed by atoms with Crippen LogP contribution in [0.25, 0.3) is 0 Å². The van der Waals surface area contributed by atoms with Crippen molar-refractivity contribution >= 4 is 17.7 Å². The Morgan fingerprint density at radius 1 is 1.19 bits per heavy atom. The first-order valence-corrected chi connectivity index (χ1v) is 9.39. The monoisotopic (exact) mass is 355 g/mol. The smallest absolute Gasteiger partial charge is 0.252 e. The summed E-state index contributed by atoms with van der Waals surface area (Å²) in [5.74, 6) is 0.234. The lowest BCUT2D eigenvalue weighted by Gasteiger charge is -2.46. The molecule has 6 nitrogen and oxygen atoms in total. The highest BCUT2D eigenvalue weighted by Crippen LogP contribution is 2.40. The van der Waals surface area contributed by atoms with E-state index in [9.17, 15) is 14.4 Å². The first-order chi connectivity index (χ1) is 12.5. The fraction of sp³-hybridized carbons (Fsp3) is 0.550. The van der Waals surface area contributed by atoms with Gasteiger partial charge in [-0.05, 0) is 36.3 Å². The van der Waals surface area contributed by atoms with Crippen molar-refractivity contribution in [3.8, 4) is 0 Å². The molecule has 1 aromatic carbocycles. The summed E-state index contributed by atoms with van der Waals surface area (Å²) < 4.78 is 0. The largest absolute Gasteiger partial charge is 0.345 e. The molecule has 138 valence electrons. The molecule has 0 aromatic heterocycles. The van der Waals surface area contributed by atoms with Crippen LogP contribution in [-0.2, 0) is 9.59 Å². The molecule has 3 aliphatic rings. The van der Waals surface area contributed by atoms with Crippen molar-refractivity contribution in [3.63, 3.8) is 0 Å². The molecule has 4 rings (SSSR count). The van der Waals surface area contributed by atoms with Gasteiger partial charge in [-0.3, -0.25) is 14.4 Å². The minimum Gasteiger partial charge on any atom is -0.345 e. The average Bonchev–Trinajstić information content (AvgIpc) is 2.95. The summed E-state index contributed by atoms with van der Waals surface area (Å²) in [4.78, 5) is 40.3. The van der Waals surface area contributed by atoms with E-state index in [1.165, 1.54) is 0 Å². The number of carbonyl (C=O) groups excluding carboxylic acids is 3. The molecule has 1 spiro atoms. The predicted octanol–water partition coefficient (Wildman–Crippen LogP) is 1.72. The molecule has 3 amide bonds. The Morgan fingerprint density at radius 2 is 1.92 bits per heavy atom. The molecule has 6 heteroatoms. The van der Waals surface area contributed by atoms with Crippen LogP contribution in [0.2, 0.25) is 0 Å². The zero-order chi connectivity index (χ0) is 18.3. The van der Waals surface area contributed by atoms with Crippen molar-refractivity contribution in [2.75, 3.05) is 26.7 Å². The van der Waals surface area contributed by atoms with Crippen molar-refractivity contribution in [1.29, 1.82) is 0 Å². The van der Waals surface area contributed by atoms with Gasteiger partial charge in [0, 0.05) is 38.7 Å². The van der Waals surface area contributed by atoms with Crippen LogP contribution in [0.4, 0.5) is 0 Å². The maximum Gasteiger partial charge on any atom is 0.252 e. The van der Waals surface area contributed by atoms with E-state index in [1.54, 1.807) is 6.07 Å². The van der Waals surface area contributed by atoms with Crippen LogP contribution in [-0.4, -0.2) is 54.2 Å². The topological polar surface area (TPSA) is 69.7 Å². The Morgan fingerprint density at radius 3 is 2.65 bits per heavy atom. The molecular formula is C20H25N3O3. The molecular weight excluding hydrogens is 330 g/mol. The second kappa shape index (κ2) is 6.41. The van der Waals surface area contributed by atoms with Crippen LogP contribution in [0.15, 0.2) is 24.3 Å². The zero-order valence-electron chi connectivity index (χ0n) is 15.2. The van der Waals surface area contributed by atoms with Crippen molar-refractivity contribution in [2.45, 2.75) is 38.1 Å². The maximum absolute atomic E-state index is 12.8. The molecule has 1 aromatic rings. The molecule has 2 saturated heterocycles. The standard InChI is InChI=1S/C20H25N3O3/c1-22-13-20(7-6-17(22)24)8-10-23(11-9-20)18(25)12-16-14-4-2-3-5-15(14)19(26)21-16/h2-5,16H,6-13H2,1H3,(H,21,26). The Bertz CT molecular complexity index is 752. The normalized spacial score (nSPS) is 24.6. The van der Waals surface area contributed by atoms with E-state index in [0.717, 1.165) is 44.5 Å². The molecule has 3 aliphatic heterocycles. The highest BCUT2D eigenvalue weighted by atomic mass is 16.2. The number of hydrogen-bond acceptors (Lipinski definition) is 3. The second-order valence-electron chi connectivity index (χ2n) is 7.95. The van der Waals surface area contributed by atoms with E-state index in [2.05, 4.69) is 5.32 Å². The lowest BCUT2D eigenvalue weighted by molar-refractivity contribution is -0.141. The van der Waals surface area contributed by atoms with Gasteiger partial charge in [-0.1, -0.05) is 18.2 Å². The first kappa shape index (κ1) is 17.1. The van der Waals surface area contributed by atoms with Crippen molar-refractivity contribution in [3.05, 3.63) is 35.4 Å². The van der Waals surface area contributed by atoms with Crippen LogP contribution in [0.1, 0.15) is 54.1 Å². The molecule has 1 N–H and O–H groups in total. The van der Waals surface area contributed by atoms with Crippen LogP contribution in [0.5, 0.6) is 0 Å². The number of likely N-dealkylation sites (tertiary alicyclic amines) is 2. The predicted molar refractivity (Wildman–Crippen MR) is 96.4 cm³/mol. The summed E-state index contributed by atoms with van der Waals surface area (Å²) in [6.45, 7) is 2.28. The van der Waals surface area contributed by atoms with Gasteiger partial charge in [0.05, 0.1) is 12.5 Å². The SMILES string of the molecule is CN1CC2(CCC1=O)CCN(C(=O)CC1NC(=O)c3ccccc31)CC2. The van der Waals surface area contributed by atoms with E-state index >= 15 is 0 Å². The number of fused-ring (bicyclic) bond motifs is 1. The van der Waals surface area contributed by atoms with Gasteiger partial charge in [0.1, 0.15) is 0 Å². The minimum absolute atomic E-state index is 0.0918. The molecule has 0 saturated carbocycles. The average molecular weight is 355 g/mol. The number of nitrogens with one attached hydrogen (secondary N) is 1. The summed E-state index contributed by atoms with van der Waals surface area (Å²) >= 11 is 0. The molecule has 26 heavy (non-hydrogen) atoms. The van der Waals surface area contributed by atoms with Gasteiger partial charge in [-0.2, -0.15) is 0 Å². The van der Waals surface area contributed by atoms with Crippen molar-refractivity contribution in [2.24, 2.45) is 5.41 Å². The highest BCUT2D eigenvalue weighted by Gasteiger charge is 2.41. The lowest BCUT2D eigenvalue weighted by Crippen LogP contribution is -2.51. The van der Waals surface area contributed by atoms with Gasteiger partial charge in [-0.15, -0.1) is 0 Å². The summed E-state index contributed by atoms with van der Waals surface area (Å²) in [6, 6.07) is 7.26. The van der Waals surface area contributed by atoms with Gasteiger partial charge in [0.25, 0.3) is 5.91 Å². The Kier molecular flexibility index (Phi) is 4.21. The number of nitrogens with zero attached hydrogens (tertiary/aromatic N) is 2. The second-order valence-corrected chi connectivity index (χ2v) is 7.95. The third-order valence-electron chi connectivity index (χ3n) is 6.31. The van der Waals surface area contributed by atoms with E-state index < -0.39 is 0 Å². The Balaban J connectivity index is 1.36. The molecule has 1 atom stereocenters. The van der Waals surface area contributed by atoms with Crippen molar-refractivity contribution in [1.82, 2.24) is 15.1 Å². The number of rotatable bonds is 2. The number of hydrogen-bond donors (Lipinski definition) is 1. The Labute approximate surface area is 153 Å². The first-order valence-electron chi connectivity index (χ1n) is 9.39. The van der Waals surface area contributed by atoms with Gasteiger partial charge >= 0.3 is 0 Å². The van der Waals surface area contributed by atoms with Gasteiger partial charge in [0.15, 0.2) is 0 Å². The third-order valence-corrected chi connectivity index (χ3v) is 6.31. The maximum atomic E-state index is 12.8. The Hall–Kier alpha value is -2.37.